The lowest BCUT2D eigenvalue weighted by Crippen LogP contribution is -2.34. The molecule has 2 amide bonds. The van der Waals surface area contributed by atoms with Crippen molar-refractivity contribution in [3.8, 4) is 17.5 Å². The van der Waals surface area contributed by atoms with Crippen molar-refractivity contribution in [1.29, 1.82) is 5.26 Å². The molecule has 2 aromatic carbocycles. The van der Waals surface area contributed by atoms with E-state index in [0.29, 0.717) is 34.5 Å². The summed E-state index contributed by atoms with van der Waals surface area (Å²) >= 11 is 5.91. The fraction of sp³-hybridized carbons (Fsp3) is 0.200. The third-order valence-electron chi connectivity index (χ3n) is 4.61. The van der Waals surface area contributed by atoms with Crippen molar-refractivity contribution in [2.45, 2.75) is 18.9 Å². The number of aromatic nitrogens is 2. The molecule has 1 fully saturated rings. The largest absolute Gasteiger partial charge is 0.337 e. The monoisotopic (exact) mass is 393 g/mol. The van der Waals surface area contributed by atoms with Gasteiger partial charge in [-0.15, -0.1) is 0 Å². The van der Waals surface area contributed by atoms with Gasteiger partial charge in [-0.25, -0.2) is 4.79 Å². The summed E-state index contributed by atoms with van der Waals surface area (Å²) < 4.78 is 5.44. The number of likely N-dealkylation sites (tertiary alicyclic amines) is 1. The van der Waals surface area contributed by atoms with Crippen molar-refractivity contribution in [2.75, 3.05) is 11.9 Å². The van der Waals surface area contributed by atoms with Crippen LogP contribution in [0.1, 0.15) is 30.3 Å². The molecule has 1 aliphatic rings. The zero-order chi connectivity index (χ0) is 19.5. The Morgan fingerprint density at radius 2 is 1.96 bits per heavy atom. The van der Waals surface area contributed by atoms with E-state index < -0.39 is 0 Å². The van der Waals surface area contributed by atoms with E-state index >= 15 is 0 Å². The summed E-state index contributed by atoms with van der Waals surface area (Å²) in [5.41, 5.74) is 1.96. The Balaban J connectivity index is 1.49. The molecule has 1 unspecified atom stereocenters. The Kier molecular flexibility index (Phi) is 4.96. The first-order valence-corrected chi connectivity index (χ1v) is 9.19. The van der Waals surface area contributed by atoms with Gasteiger partial charge in [0.2, 0.25) is 11.7 Å². The van der Waals surface area contributed by atoms with E-state index in [1.54, 1.807) is 41.3 Å². The van der Waals surface area contributed by atoms with Crippen molar-refractivity contribution in [3.63, 3.8) is 0 Å². The van der Waals surface area contributed by atoms with Gasteiger partial charge in [0.05, 0.1) is 11.6 Å². The number of hydrogen-bond acceptors (Lipinski definition) is 5. The van der Waals surface area contributed by atoms with Gasteiger partial charge < -0.3 is 14.7 Å². The van der Waals surface area contributed by atoms with E-state index in [9.17, 15) is 4.79 Å². The molecule has 1 N–H and O–H groups in total. The Hall–Kier alpha value is -3.37. The third-order valence-corrected chi connectivity index (χ3v) is 4.86. The van der Waals surface area contributed by atoms with Crippen molar-refractivity contribution >= 4 is 23.3 Å². The highest BCUT2D eigenvalue weighted by Gasteiger charge is 2.34. The maximum Gasteiger partial charge on any atom is 0.322 e. The number of urea groups is 1. The van der Waals surface area contributed by atoms with Gasteiger partial charge in [0.15, 0.2) is 0 Å². The molecular weight excluding hydrogens is 378 g/mol. The second-order valence-corrected chi connectivity index (χ2v) is 6.87. The van der Waals surface area contributed by atoms with Crippen LogP contribution in [0.2, 0.25) is 5.02 Å². The van der Waals surface area contributed by atoms with Gasteiger partial charge in [-0.05, 0) is 61.4 Å². The molecular formula is C20H16ClN5O2. The minimum Gasteiger partial charge on any atom is -0.337 e. The normalized spacial score (nSPS) is 16.0. The van der Waals surface area contributed by atoms with Crippen LogP contribution in [-0.4, -0.2) is 27.6 Å². The molecule has 8 heteroatoms. The summed E-state index contributed by atoms with van der Waals surface area (Å²) in [5.74, 6) is 0.878. The maximum atomic E-state index is 12.7. The molecule has 140 valence electrons. The quantitative estimate of drug-likeness (QED) is 0.699. The van der Waals surface area contributed by atoms with E-state index in [2.05, 4.69) is 21.5 Å². The topological polar surface area (TPSA) is 95.1 Å². The molecule has 2 heterocycles. The number of halogens is 1. The number of hydrogen-bond donors (Lipinski definition) is 1. The van der Waals surface area contributed by atoms with Crippen LogP contribution in [0.15, 0.2) is 53.1 Å². The molecule has 0 spiro atoms. The second-order valence-electron chi connectivity index (χ2n) is 6.43. The van der Waals surface area contributed by atoms with Gasteiger partial charge in [-0.2, -0.15) is 10.2 Å². The first kappa shape index (κ1) is 18.0. The molecule has 7 nitrogen and oxygen atoms in total. The molecule has 0 saturated carbocycles. The van der Waals surface area contributed by atoms with Gasteiger partial charge in [-0.3, -0.25) is 0 Å². The van der Waals surface area contributed by atoms with E-state index in [0.717, 1.165) is 18.4 Å². The van der Waals surface area contributed by atoms with Crippen LogP contribution in [-0.2, 0) is 0 Å². The molecule has 28 heavy (non-hydrogen) atoms. The fourth-order valence-electron chi connectivity index (χ4n) is 3.18. The number of amides is 2. The SMILES string of the molecule is N#Cc1ccc(NC(=O)N2CCCC2c2nc(-c3ccc(Cl)cc3)no2)cc1. The van der Waals surface area contributed by atoms with Crippen LogP contribution in [0.5, 0.6) is 0 Å². The van der Waals surface area contributed by atoms with Crippen molar-refractivity contribution in [3.05, 3.63) is 65.0 Å². The number of rotatable bonds is 3. The highest BCUT2D eigenvalue weighted by atomic mass is 35.5. The number of benzene rings is 2. The van der Waals surface area contributed by atoms with Gasteiger partial charge >= 0.3 is 6.03 Å². The third kappa shape index (κ3) is 3.68. The lowest BCUT2D eigenvalue weighted by molar-refractivity contribution is 0.193. The predicted molar refractivity (Wildman–Crippen MR) is 104 cm³/mol. The predicted octanol–water partition coefficient (Wildman–Crippen LogP) is 4.63. The molecule has 0 bridgehead atoms. The maximum absolute atomic E-state index is 12.7. The molecule has 0 radical (unpaired) electrons. The van der Waals surface area contributed by atoms with Gasteiger partial charge in [-0.1, -0.05) is 16.8 Å². The van der Waals surface area contributed by atoms with E-state index in [1.165, 1.54) is 0 Å². The average Bonchev–Trinajstić information content (AvgIpc) is 3.38. The molecule has 1 aromatic heterocycles. The summed E-state index contributed by atoms with van der Waals surface area (Å²) in [7, 11) is 0. The zero-order valence-corrected chi connectivity index (χ0v) is 15.6. The molecule has 1 atom stereocenters. The van der Waals surface area contributed by atoms with E-state index in [1.807, 2.05) is 12.1 Å². The highest BCUT2D eigenvalue weighted by Crippen LogP contribution is 2.32. The minimum absolute atomic E-state index is 0.238. The number of nitrogens with zero attached hydrogens (tertiary/aromatic N) is 4. The average molecular weight is 394 g/mol. The van der Waals surface area contributed by atoms with Crippen LogP contribution in [0.3, 0.4) is 0 Å². The minimum atomic E-state index is -0.271. The smallest absolute Gasteiger partial charge is 0.322 e. The van der Waals surface area contributed by atoms with Crippen LogP contribution in [0.4, 0.5) is 10.5 Å². The Morgan fingerprint density at radius 1 is 1.21 bits per heavy atom. The Morgan fingerprint density at radius 3 is 2.68 bits per heavy atom. The number of anilines is 1. The zero-order valence-electron chi connectivity index (χ0n) is 14.8. The summed E-state index contributed by atoms with van der Waals surface area (Å²) in [5, 5.41) is 16.4. The first-order valence-electron chi connectivity index (χ1n) is 8.81. The standard InChI is InChI=1S/C20H16ClN5O2/c21-15-7-5-14(6-8-15)18-24-19(28-25-18)17-2-1-11-26(17)20(27)23-16-9-3-13(12-22)4-10-16/h3-10,17H,1-2,11H2,(H,23,27). The van der Waals surface area contributed by atoms with Gasteiger partial charge in [0.1, 0.15) is 6.04 Å². The fourth-order valence-corrected chi connectivity index (χ4v) is 3.30. The summed E-state index contributed by atoms with van der Waals surface area (Å²) in [4.78, 5) is 18.9. The molecule has 0 aliphatic carbocycles. The highest BCUT2D eigenvalue weighted by molar-refractivity contribution is 6.30. The molecule has 1 aliphatic heterocycles. The Bertz CT molecular complexity index is 1020. The van der Waals surface area contributed by atoms with Gasteiger partial charge in [0.25, 0.3) is 0 Å². The molecule has 1 saturated heterocycles. The first-order chi connectivity index (χ1) is 13.6. The van der Waals surface area contributed by atoms with Crippen molar-refractivity contribution in [2.24, 2.45) is 0 Å². The van der Waals surface area contributed by atoms with Gasteiger partial charge in [0, 0.05) is 22.8 Å². The van der Waals surface area contributed by atoms with Crippen LogP contribution in [0, 0.1) is 11.3 Å². The van der Waals surface area contributed by atoms with Crippen LogP contribution in [0.25, 0.3) is 11.4 Å². The van der Waals surface area contributed by atoms with Crippen molar-refractivity contribution < 1.29 is 9.32 Å². The number of nitrogens with one attached hydrogen (secondary N) is 1. The number of carbonyl (C=O) groups excluding carboxylic acids is 1. The summed E-state index contributed by atoms with van der Waals surface area (Å²) in [6.07, 6.45) is 1.60. The van der Waals surface area contributed by atoms with Crippen molar-refractivity contribution in [1.82, 2.24) is 15.0 Å². The number of nitriles is 1. The summed E-state index contributed by atoms with van der Waals surface area (Å²) in [6, 6.07) is 15.4. The lowest BCUT2D eigenvalue weighted by atomic mass is 10.2. The molecule has 4 rings (SSSR count). The van der Waals surface area contributed by atoms with Crippen LogP contribution >= 0.6 is 11.6 Å². The second kappa shape index (κ2) is 7.71. The molecule has 3 aromatic rings. The van der Waals surface area contributed by atoms with E-state index in [-0.39, 0.29) is 12.1 Å². The lowest BCUT2D eigenvalue weighted by Gasteiger charge is -2.22. The summed E-state index contributed by atoms with van der Waals surface area (Å²) in [6.45, 7) is 0.603. The van der Waals surface area contributed by atoms with E-state index in [4.69, 9.17) is 21.4 Å². The Labute approximate surface area is 166 Å². The van der Waals surface area contributed by atoms with Crippen LogP contribution < -0.4 is 5.32 Å². The number of carbonyl (C=O) groups is 1.